The Morgan fingerprint density at radius 2 is 1.76 bits per heavy atom. The van der Waals surface area contributed by atoms with Crippen LogP contribution in [0.4, 0.5) is 0 Å². The summed E-state index contributed by atoms with van der Waals surface area (Å²) in [5.41, 5.74) is 0. The number of piperidine rings is 1. The van der Waals surface area contributed by atoms with Crippen molar-refractivity contribution in [1.82, 2.24) is 20.4 Å². The highest BCUT2D eigenvalue weighted by Crippen LogP contribution is 2.26. The van der Waals surface area contributed by atoms with E-state index >= 15 is 0 Å². The summed E-state index contributed by atoms with van der Waals surface area (Å²) >= 11 is 0. The minimum atomic E-state index is 0.557. The normalized spacial score (nSPS) is 33.1. The predicted molar refractivity (Wildman–Crippen MR) is 106 cm³/mol. The SMILES string of the molecule is CN=C(NCCN1CC(C)CC(C)C1)NC1CCN(C2CCCC2)C1. The zero-order valence-electron chi connectivity index (χ0n) is 16.6. The van der Waals surface area contributed by atoms with Crippen LogP contribution in [0.2, 0.25) is 0 Å². The fourth-order valence-electron chi connectivity index (χ4n) is 5.20. The molecule has 3 fully saturated rings. The first-order chi connectivity index (χ1) is 12.1. The zero-order chi connectivity index (χ0) is 17.6. The lowest BCUT2D eigenvalue weighted by Gasteiger charge is -2.35. The highest BCUT2D eigenvalue weighted by atomic mass is 15.3. The molecule has 1 saturated carbocycles. The first-order valence-corrected chi connectivity index (χ1v) is 10.6. The lowest BCUT2D eigenvalue weighted by molar-refractivity contribution is 0.143. The lowest BCUT2D eigenvalue weighted by atomic mass is 9.92. The summed E-state index contributed by atoms with van der Waals surface area (Å²) < 4.78 is 0. The van der Waals surface area contributed by atoms with E-state index in [1.54, 1.807) is 0 Å². The third-order valence-corrected chi connectivity index (χ3v) is 6.29. The molecular weight excluding hydrogens is 310 g/mol. The van der Waals surface area contributed by atoms with Gasteiger partial charge in [0.1, 0.15) is 0 Å². The Kier molecular flexibility index (Phi) is 7.00. The molecule has 0 aromatic heterocycles. The van der Waals surface area contributed by atoms with Crippen LogP contribution in [0.1, 0.15) is 52.4 Å². The van der Waals surface area contributed by atoms with E-state index in [0.717, 1.165) is 36.9 Å². The molecule has 0 spiro atoms. The summed E-state index contributed by atoms with van der Waals surface area (Å²) in [7, 11) is 1.89. The van der Waals surface area contributed by atoms with Crippen molar-refractivity contribution in [1.29, 1.82) is 0 Å². The summed E-state index contributed by atoms with van der Waals surface area (Å²) in [5.74, 6) is 2.65. The van der Waals surface area contributed by atoms with Crippen molar-refractivity contribution in [2.75, 3.05) is 46.3 Å². The van der Waals surface area contributed by atoms with Gasteiger partial charge in [-0.05, 0) is 37.5 Å². The summed E-state index contributed by atoms with van der Waals surface area (Å²) in [6, 6.07) is 1.41. The molecule has 25 heavy (non-hydrogen) atoms. The Morgan fingerprint density at radius 1 is 1.04 bits per heavy atom. The number of likely N-dealkylation sites (tertiary alicyclic amines) is 2. The van der Waals surface area contributed by atoms with E-state index in [1.807, 2.05) is 7.05 Å². The molecule has 1 aliphatic carbocycles. The van der Waals surface area contributed by atoms with Crippen molar-refractivity contribution in [3.8, 4) is 0 Å². The van der Waals surface area contributed by atoms with Gasteiger partial charge in [-0.15, -0.1) is 0 Å². The Morgan fingerprint density at radius 3 is 2.44 bits per heavy atom. The monoisotopic (exact) mass is 349 g/mol. The van der Waals surface area contributed by atoms with E-state index in [9.17, 15) is 0 Å². The van der Waals surface area contributed by atoms with Crippen molar-refractivity contribution in [2.45, 2.75) is 64.5 Å². The van der Waals surface area contributed by atoms with Crippen LogP contribution in [0.3, 0.4) is 0 Å². The summed E-state index contributed by atoms with van der Waals surface area (Å²) in [6.07, 6.45) is 8.30. The Hall–Kier alpha value is -0.810. The van der Waals surface area contributed by atoms with Crippen LogP contribution in [0.5, 0.6) is 0 Å². The number of hydrogen-bond donors (Lipinski definition) is 2. The molecule has 3 unspecified atom stereocenters. The van der Waals surface area contributed by atoms with Gasteiger partial charge in [0.25, 0.3) is 0 Å². The van der Waals surface area contributed by atoms with Gasteiger partial charge in [0.2, 0.25) is 0 Å². The molecule has 2 saturated heterocycles. The van der Waals surface area contributed by atoms with Crippen LogP contribution in [0, 0.1) is 11.8 Å². The van der Waals surface area contributed by atoms with Gasteiger partial charge in [0.05, 0.1) is 0 Å². The van der Waals surface area contributed by atoms with Crippen LogP contribution in [0.25, 0.3) is 0 Å². The molecule has 3 rings (SSSR count). The number of nitrogens with zero attached hydrogens (tertiary/aromatic N) is 3. The number of rotatable bonds is 5. The van der Waals surface area contributed by atoms with Crippen molar-refractivity contribution >= 4 is 5.96 Å². The maximum atomic E-state index is 4.44. The van der Waals surface area contributed by atoms with E-state index in [4.69, 9.17) is 0 Å². The van der Waals surface area contributed by atoms with E-state index in [2.05, 4.69) is 39.3 Å². The number of nitrogens with one attached hydrogen (secondary N) is 2. The van der Waals surface area contributed by atoms with Crippen molar-refractivity contribution in [3.63, 3.8) is 0 Å². The van der Waals surface area contributed by atoms with Gasteiger partial charge in [0.15, 0.2) is 5.96 Å². The molecular formula is C20H39N5. The van der Waals surface area contributed by atoms with Gasteiger partial charge in [-0.3, -0.25) is 9.89 Å². The number of aliphatic imine (C=N–C) groups is 1. The summed E-state index contributed by atoms with van der Waals surface area (Å²) in [5, 5.41) is 7.19. The molecule has 2 aliphatic heterocycles. The second-order valence-corrected chi connectivity index (χ2v) is 8.77. The Bertz CT molecular complexity index is 422. The minimum absolute atomic E-state index is 0.557. The van der Waals surface area contributed by atoms with E-state index in [-0.39, 0.29) is 0 Å². The van der Waals surface area contributed by atoms with Gasteiger partial charge in [-0.25, -0.2) is 0 Å². The second-order valence-electron chi connectivity index (χ2n) is 8.77. The molecule has 2 N–H and O–H groups in total. The average molecular weight is 350 g/mol. The smallest absolute Gasteiger partial charge is 0.191 e. The topological polar surface area (TPSA) is 42.9 Å². The summed E-state index contributed by atoms with van der Waals surface area (Å²) in [6.45, 7) is 11.8. The van der Waals surface area contributed by atoms with E-state index < -0.39 is 0 Å². The molecule has 5 heteroatoms. The molecule has 3 aliphatic rings. The largest absolute Gasteiger partial charge is 0.355 e. The molecule has 0 amide bonds. The van der Waals surface area contributed by atoms with E-state index in [1.165, 1.54) is 64.7 Å². The van der Waals surface area contributed by atoms with Crippen LogP contribution in [-0.2, 0) is 0 Å². The fraction of sp³-hybridized carbons (Fsp3) is 0.950. The first kappa shape index (κ1) is 19.0. The quantitative estimate of drug-likeness (QED) is 0.590. The highest BCUT2D eigenvalue weighted by molar-refractivity contribution is 5.80. The molecule has 0 aromatic carbocycles. The molecule has 0 bridgehead atoms. The maximum absolute atomic E-state index is 4.44. The summed E-state index contributed by atoms with van der Waals surface area (Å²) in [4.78, 5) is 9.75. The fourth-order valence-corrected chi connectivity index (χ4v) is 5.20. The molecule has 144 valence electrons. The van der Waals surface area contributed by atoms with Gasteiger partial charge < -0.3 is 15.5 Å². The van der Waals surface area contributed by atoms with Crippen molar-refractivity contribution in [3.05, 3.63) is 0 Å². The predicted octanol–water partition coefficient (Wildman–Crippen LogP) is 2.15. The highest BCUT2D eigenvalue weighted by Gasteiger charge is 2.30. The first-order valence-electron chi connectivity index (χ1n) is 10.6. The van der Waals surface area contributed by atoms with Crippen LogP contribution in [-0.4, -0.2) is 74.2 Å². The molecule has 0 aromatic rings. The number of guanidine groups is 1. The minimum Gasteiger partial charge on any atom is -0.355 e. The van der Waals surface area contributed by atoms with Gasteiger partial charge in [-0.1, -0.05) is 26.7 Å². The Balaban J connectivity index is 1.35. The standard InChI is InChI=1S/C20H39N5/c1-16-12-17(2)14-24(13-16)11-9-22-20(21-3)23-18-8-10-25(15-18)19-6-4-5-7-19/h16-19H,4-15H2,1-3H3,(H2,21,22,23). The molecule has 0 radical (unpaired) electrons. The maximum Gasteiger partial charge on any atom is 0.191 e. The van der Waals surface area contributed by atoms with Gasteiger partial charge in [-0.2, -0.15) is 0 Å². The van der Waals surface area contributed by atoms with Gasteiger partial charge >= 0.3 is 0 Å². The number of hydrogen-bond acceptors (Lipinski definition) is 3. The average Bonchev–Trinajstić information content (AvgIpc) is 3.24. The Labute approximate surface area is 154 Å². The van der Waals surface area contributed by atoms with E-state index in [0.29, 0.717) is 6.04 Å². The molecule has 3 atom stereocenters. The van der Waals surface area contributed by atoms with Crippen molar-refractivity contribution in [2.24, 2.45) is 16.8 Å². The lowest BCUT2D eigenvalue weighted by Crippen LogP contribution is -2.48. The van der Waals surface area contributed by atoms with Crippen LogP contribution >= 0.6 is 0 Å². The molecule has 2 heterocycles. The van der Waals surface area contributed by atoms with Crippen LogP contribution < -0.4 is 10.6 Å². The van der Waals surface area contributed by atoms with Crippen molar-refractivity contribution < 1.29 is 0 Å². The zero-order valence-corrected chi connectivity index (χ0v) is 16.6. The third-order valence-electron chi connectivity index (χ3n) is 6.29. The van der Waals surface area contributed by atoms with Crippen LogP contribution in [0.15, 0.2) is 4.99 Å². The molecule has 5 nitrogen and oxygen atoms in total. The van der Waals surface area contributed by atoms with Gasteiger partial charge in [0, 0.05) is 58.4 Å². The second kappa shape index (κ2) is 9.22. The third kappa shape index (κ3) is 5.58.